The predicted molar refractivity (Wildman–Crippen MR) is 67.7 cm³/mol. The molecule has 4 unspecified atom stereocenters. The van der Waals surface area contributed by atoms with Crippen molar-refractivity contribution in [3.63, 3.8) is 0 Å². The fourth-order valence-electron chi connectivity index (χ4n) is 4.15. The minimum absolute atomic E-state index is 0.144. The maximum absolute atomic E-state index is 11.5. The van der Waals surface area contributed by atoms with Crippen LogP contribution in [0.3, 0.4) is 0 Å². The number of aliphatic carboxylic acids is 2. The van der Waals surface area contributed by atoms with Gasteiger partial charge in [-0.1, -0.05) is 36.8 Å². The Balaban J connectivity index is 2.01. The van der Waals surface area contributed by atoms with E-state index < -0.39 is 29.2 Å². The third kappa shape index (κ3) is 1.59. The van der Waals surface area contributed by atoms with E-state index in [0.717, 1.165) is 12.0 Å². The van der Waals surface area contributed by atoms with Gasteiger partial charge in [0.25, 0.3) is 0 Å². The van der Waals surface area contributed by atoms with Crippen molar-refractivity contribution in [3.8, 4) is 0 Å². The van der Waals surface area contributed by atoms with Gasteiger partial charge in [0.15, 0.2) is 0 Å². The standard InChI is InChI=1S/C15H16O4/c16-13(17)10-7-4-8-15(10)11(12(15)14(18)19)9-5-2-1-3-6-9/h1-3,5-6,10-12H,4,7-8H2,(H,16,17)(H,18,19). The number of carbonyl (C=O) groups is 2. The van der Waals surface area contributed by atoms with Gasteiger partial charge in [0.1, 0.15) is 0 Å². The van der Waals surface area contributed by atoms with Crippen molar-refractivity contribution in [2.75, 3.05) is 0 Å². The summed E-state index contributed by atoms with van der Waals surface area (Å²) in [6.45, 7) is 0. The second-order valence-electron chi connectivity index (χ2n) is 5.60. The highest BCUT2D eigenvalue weighted by Crippen LogP contribution is 2.74. The normalized spacial score (nSPS) is 36.3. The zero-order valence-electron chi connectivity index (χ0n) is 10.5. The van der Waals surface area contributed by atoms with Gasteiger partial charge in [-0.2, -0.15) is 0 Å². The molecule has 2 aliphatic rings. The van der Waals surface area contributed by atoms with Crippen LogP contribution < -0.4 is 0 Å². The zero-order chi connectivity index (χ0) is 13.6. The minimum atomic E-state index is -0.859. The summed E-state index contributed by atoms with van der Waals surface area (Å²) < 4.78 is 0. The Kier molecular flexibility index (Phi) is 2.62. The lowest BCUT2D eigenvalue weighted by Crippen LogP contribution is -2.23. The molecule has 19 heavy (non-hydrogen) atoms. The van der Waals surface area contributed by atoms with E-state index in [4.69, 9.17) is 0 Å². The van der Waals surface area contributed by atoms with Crippen LogP contribution in [0.25, 0.3) is 0 Å². The fraction of sp³-hybridized carbons (Fsp3) is 0.467. The summed E-state index contributed by atoms with van der Waals surface area (Å²) in [7, 11) is 0. The molecule has 2 aliphatic carbocycles. The number of hydrogen-bond acceptors (Lipinski definition) is 2. The largest absolute Gasteiger partial charge is 0.481 e. The summed E-state index contributed by atoms with van der Waals surface area (Å²) in [6, 6.07) is 9.47. The van der Waals surface area contributed by atoms with E-state index in [2.05, 4.69) is 0 Å². The Morgan fingerprint density at radius 1 is 1.11 bits per heavy atom. The number of rotatable bonds is 3. The molecule has 0 saturated heterocycles. The van der Waals surface area contributed by atoms with Crippen molar-refractivity contribution in [3.05, 3.63) is 35.9 Å². The van der Waals surface area contributed by atoms with Crippen molar-refractivity contribution in [2.24, 2.45) is 17.3 Å². The Labute approximate surface area is 111 Å². The van der Waals surface area contributed by atoms with Crippen molar-refractivity contribution >= 4 is 11.9 Å². The van der Waals surface area contributed by atoms with Crippen LogP contribution in [-0.2, 0) is 9.59 Å². The molecule has 2 fully saturated rings. The SMILES string of the molecule is O=C(O)C1CCCC12C(C(=O)O)C2c1ccccc1. The van der Waals surface area contributed by atoms with Crippen molar-refractivity contribution in [1.29, 1.82) is 0 Å². The first kappa shape index (κ1) is 12.2. The summed E-state index contributed by atoms with van der Waals surface area (Å²) in [6.07, 6.45) is 2.12. The Bertz CT molecular complexity index is 524. The Hall–Kier alpha value is -1.84. The number of carboxylic acid groups (broad SMARTS) is 2. The molecule has 4 atom stereocenters. The van der Waals surface area contributed by atoms with Crippen LogP contribution in [0.4, 0.5) is 0 Å². The lowest BCUT2D eigenvalue weighted by atomic mass is 9.87. The van der Waals surface area contributed by atoms with Gasteiger partial charge >= 0.3 is 11.9 Å². The number of carboxylic acids is 2. The first-order valence-corrected chi connectivity index (χ1v) is 6.59. The third-order valence-electron chi connectivity index (χ3n) is 4.86. The summed E-state index contributed by atoms with van der Waals surface area (Å²) >= 11 is 0. The molecule has 1 aromatic carbocycles. The molecule has 2 N–H and O–H groups in total. The molecule has 0 bridgehead atoms. The molecular weight excluding hydrogens is 244 g/mol. The summed E-state index contributed by atoms with van der Waals surface area (Å²) in [5.41, 5.74) is 0.405. The fourth-order valence-corrected chi connectivity index (χ4v) is 4.15. The molecule has 100 valence electrons. The average Bonchev–Trinajstić information content (AvgIpc) is 2.83. The van der Waals surface area contributed by atoms with Gasteiger partial charge in [-0.3, -0.25) is 9.59 Å². The van der Waals surface area contributed by atoms with Crippen LogP contribution in [0.15, 0.2) is 30.3 Å². The monoisotopic (exact) mass is 260 g/mol. The highest BCUT2D eigenvalue weighted by molar-refractivity contribution is 5.82. The summed E-state index contributed by atoms with van der Waals surface area (Å²) in [5.74, 6) is -2.91. The quantitative estimate of drug-likeness (QED) is 0.874. The van der Waals surface area contributed by atoms with E-state index in [1.807, 2.05) is 30.3 Å². The molecule has 0 aliphatic heterocycles. The van der Waals surface area contributed by atoms with Gasteiger partial charge in [-0.25, -0.2) is 0 Å². The molecule has 0 radical (unpaired) electrons. The molecule has 1 aromatic rings. The number of hydrogen-bond donors (Lipinski definition) is 2. The van der Waals surface area contributed by atoms with Gasteiger partial charge in [0.2, 0.25) is 0 Å². The van der Waals surface area contributed by atoms with Crippen LogP contribution >= 0.6 is 0 Å². The van der Waals surface area contributed by atoms with Crippen molar-refractivity contribution in [2.45, 2.75) is 25.2 Å². The smallest absolute Gasteiger partial charge is 0.307 e. The van der Waals surface area contributed by atoms with Crippen LogP contribution in [0.2, 0.25) is 0 Å². The van der Waals surface area contributed by atoms with E-state index in [1.165, 1.54) is 0 Å². The molecule has 4 nitrogen and oxygen atoms in total. The molecule has 4 heteroatoms. The topological polar surface area (TPSA) is 74.6 Å². The van der Waals surface area contributed by atoms with Crippen LogP contribution in [0.5, 0.6) is 0 Å². The van der Waals surface area contributed by atoms with Crippen LogP contribution in [0.1, 0.15) is 30.7 Å². The first-order valence-electron chi connectivity index (χ1n) is 6.59. The Morgan fingerprint density at radius 3 is 2.37 bits per heavy atom. The zero-order valence-corrected chi connectivity index (χ0v) is 10.5. The van der Waals surface area contributed by atoms with E-state index in [-0.39, 0.29) is 5.92 Å². The van der Waals surface area contributed by atoms with Gasteiger partial charge in [0.05, 0.1) is 11.8 Å². The average molecular weight is 260 g/mol. The second kappa shape index (κ2) is 4.08. The lowest BCUT2D eigenvalue weighted by Gasteiger charge is -2.16. The van der Waals surface area contributed by atoms with Crippen LogP contribution in [0, 0.1) is 17.3 Å². The minimum Gasteiger partial charge on any atom is -0.481 e. The molecular formula is C15H16O4. The van der Waals surface area contributed by atoms with E-state index in [0.29, 0.717) is 12.8 Å². The summed E-state index contributed by atoms with van der Waals surface area (Å²) in [5, 5.41) is 18.8. The molecule has 3 rings (SSSR count). The highest BCUT2D eigenvalue weighted by atomic mass is 16.4. The highest BCUT2D eigenvalue weighted by Gasteiger charge is 2.74. The van der Waals surface area contributed by atoms with Crippen molar-refractivity contribution in [1.82, 2.24) is 0 Å². The molecule has 0 amide bonds. The third-order valence-corrected chi connectivity index (χ3v) is 4.86. The molecule has 2 saturated carbocycles. The summed E-state index contributed by atoms with van der Waals surface area (Å²) in [4.78, 5) is 22.9. The number of benzene rings is 1. The van der Waals surface area contributed by atoms with Gasteiger partial charge < -0.3 is 10.2 Å². The Morgan fingerprint density at radius 2 is 1.79 bits per heavy atom. The van der Waals surface area contributed by atoms with Gasteiger partial charge in [-0.05, 0) is 18.4 Å². The molecule has 1 spiro atoms. The van der Waals surface area contributed by atoms with Crippen LogP contribution in [-0.4, -0.2) is 22.2 Å². The lowest BCUT2D eigenvalue weighted by molar-refractivity contribution is -0.144. The molecule has 0 aromatic heterocycles. The van der Waals surface area contributed by atoms with Crippen molar-refractivity contribution < 1.29 is 19.8 Å². The molecule has 0 heterocycles. The first-order chi connectivity index (χ1) is 9.09. The van der Waals surface area contributed by atoms with Gasteiger partial charge in [0, 0.05) is 11.3 Å². The van der Waals surface area contributed by atoms with E-state index in [9.17, 15) is 19.8 Å². The van der Waals surface area contributed by atoms with E-state index in [1.54, 1.807) is 0 Å². The maximum atomic E-state index is 11.5. The van der Waals surface area contributed by atoms with E-state index >= 15 is 0 Å². The van der Waals surface area contributed by atoms with Gasteiger partial charge in [-0.15, -0.1) is 0 Å². The maximum Gasteiger partial charge on any atom is 0.307 e. The predicted octanol–water partition coefficient (Wildman–Crippen LogP) is 2.36. The second-order valence-corrected chi connectivity index (χ2v) is 5.60.